The van der Waals surface area contributed by atoms with E-state index >= 15 is 0 Å². The van der Waals surface area contributed by atoms with Gasteiger partial charge < -0.3 is 5.32 Å². The number of hydrogen-bond donors (Lipinski definition) is 2. The van der Waals surface area contributed by atoms with E-state index < -0.39 is 23.0 Å². The lowest BCUT2D eigenvalue weighted by Crippen LogP contribution is -2.42. The quantitative estimate of drug-likeness (QED) is 0.495. The lowest BCUT2D eigenvalue weighted by Gasteiger charge is -2.16. The first kappa shape index (κ1) is 20.5. The summed E-state index contributed by atoms with van der Waals surface area (Å²) in [6.07, 6.45) is 0. The lowest BCUT2D eigenvalue weighted by atomic mass is 10.2. The van der Waals surface area contributed by atoms with Crippen molar-refractivity contribution in [2.75, 3.05) is 6.54 Å². The number of benzene rings is 2. The van der Waals surface area contributed by atoms with Crippen LogP contribution in [0, 0.1) is 5.82 Å². The van der Waals surface area contributed by atoms with E-state index in [-0.39, 0.29) is 10.7 Å². The van der Waals surface area contributed by atoms with Gasteiger partial charge in [0.05, 0.1) is 21.8 Å². The first-order chi connectivity index (χ1) is 13.9. The van der Waals surface area contributed by atoms with Gasteiger partial charge in [0.1, 0.15) is 5.82 Å². The molecular formula is C20H19FN4O3S. The van der Waals surface area contributed by atoms with Crippen LogP contribution >= 0.6 is 11.8 Å². The molecule has 2 aromatic carbocycles. The minimum atomic E-state index is -0.711. The number of amides is 3. The van der Waals surface area contributed by atoms with Gasteiger partial charge in [-0.05, 0) is 50.2 Å². The van der Waals surface area contributed by atoms with Crippen LogP contribution in [0.1, 0.15) is 13.8 Å². The van der Waals surface area contributed by atoms with Gasteiger partial charge in [-0.1, -0.05) is 23.9 Å². The van der Waals surface area contributed by atoms with Gasteiger partial charge in [-0.25, -0.2) is 14.2 Å². The van der Waals surface area contributed by atoms with E-state index in [9.17, 15) is 18.8 Å². The lowest BCUT2D eigenvalue weighted by molar-refractivity contribution is -0.119. The molecule has 1 heterocycles. The molecule has 3 aromatic rings. The third-order valence-corrected chi connectivity index (χ3v) is 5.11. The van der Waals surface area contributed by atoms with E-state index in [1.807, 2.05) is 0 Å². The van der Waals surface area contributed by atoms with Crippen LogP contribution in [0.15, 0.2) is 58.5 Å². The second kappa shape index (κ2) is 8.87. The molecule has 29 heavy (non-hydrogen) atoms. The molecule has 3 rings (SSSR count). The van der Waals surface area contributed by atoms with Crippen LogP contribution in [-0.2, 0) is 4.79 Å². The number of imide groups is 1. The Hall–Kier alpha value is -3.20. The van der Waals surface area contributed by atoms with E-state index in [1.165, 1.54) is 28.8 Å². The molecule has 0 saturated heterocycles. The SMILES string of the molecule is CCNC(=O)NC(=O)C(C)Sc1nc2ccccc2c(=O)n1-c1ccc(F)cc1. The minimum absolute atomic E-state index is 0.263. The highest BCUT2D eigenvalue weighted by Gasteiger charge is 2.21. The Morgan fingerprint density at radius 2 is 1.86 bits per heavy atom. The maximum absolute atomic E-state index is 13.4. The normalized spacial score (nSPS) is 11.8. The second-order valence-corrected chi connectivity index (χ2v) is 7.45. The fraction of sp³-hybridized carbons (Fsp3) is 0.200. The molecule has 1 aromatic heterocycles. The second-order valence-electron chi connectivity index (χ2n) is 6.14. The monoisotopic (exact) mass is 414 g/mol. The summed E-state index contributed by atoms with van der Waals surface area (Å²) < 4.78 is 14.7. The number of fused-ring (bicyclic) bond motifs is 1. The molecule has 0 spiro atoms. The van der Waals surface area contributed by atoms with Crippen molar-refractivity contribution in [3.63, 3.8) is 0 Å². The summed E-state index contributed by atoms with van der Waals surface area (Å²) in [7, 11) is 0. The topological polar surface area (TPSA) is 93.1 Å². The van der Waals surface area contributed by atoms with Crippen LogP contribution in [0.5, 0.6) is 0 Å². The molecule has 1 unspecified atom stereocenters. The summed E-state index contributed by atoms with van der Waals surface area (Å²) in [6.45, 7) is 3.73. The third-order valence-electron chi connectivity index (χ3n) is 4.06. The first-order valence-corrected chi connectivity index (χ1v) is 9.81. The molecule has 7 nitrogen and oxygen atoms in total. The van der Waals surface area contributed by atoms with E-state index in [1.54, 1.807) is 38.1 Å². The number of thioether (sulfide) groups is 1. The van der Waals surface area contributed by atoms with E-state index in [0.717, 1.165) is 11.8 Å². The summed E-state index contributed by atoms with van der Waals surface area (Å²) in [5.41, 5.74) is 0.573. The number of urea groups is 1. The largest absolute Gasteiger partial charge is 0.338 e. The number of para-hydroxylation sites is 1. The fourth-order valence-corrected chi connectivity index (χ4v) is 3.57. The smallest absolute Gasteiger partial charge is 0.321 e. The van der Waals surface area contributed by atoms with Gasteiger partial charge in [-0.2, -0.15) is 0 Å². The highest BCUT2D eigenvalue weighted by atomic mass is 32.2. The van der Waals surface area contributed by atoms with Crippen molar-refractivity contribution in [3.8, 4) is 5.69 Å². The Bertz CT molecular complexity index is 1110. The van der Waals surface area contributed by atoms with Crippen LogP contribution in [0.25, 0.3) is 16.6 Å². The Morgan fingerprint density at radius 1 is 1.17 bits per heavy atom. The zero-order valence-corrected chi connectivity index (χ0v) is 16.6. The summed E-state index contributed by atoms with van der Waals surface area (Å²) in [5.74, 6) is -0.951. The summed E-state index contributed by atoms with van der Waals surface area (Å²) >= 11 is 1.03. The van der Waals surface area contributed by atoms with Gasteiger partial charge >= 0.3 is 6.03 Å². The Labute approximate surface area is 170 Å². The summed E-state index contributed by atoms with van der Waals surface area (Å²) in [6, 6.07) is 11.7. The van der Waals surface area contributed by atoms with Gasteiger partial charge in [-0.3, -0.25) is 19.5 Å². The molecule has 0 bridgehead atoms. The third kappa shape index (κ3) is 4.62. The molecule has 0 aliphatic carbocycles. The predicted molar refractivity (Wildman–Crippen MR) is 110 cm³/mol. The van der Waals surface area contributed by atoms with Crippen LogP contribution < -0.4 is 16.2 Å². The zero-order valence-electron chi connectivity index (χ0n) is 15.8. The standard InChI is InChI=1S/C20H19FN4O3S/c1-3-22-19(28)24-17(26)12(2)29-20-23-16-7-5-4-6-15(16)18(27)25(20)14-10-8-13(21)9-11-14/h4-12H,3H2,1-2H3,(H2,22,24,26,28). The van der Waals surface area contributed by atoms with Crippen LogP contribution in [-0.4, -0.2) is 33.3 Å². The molecule has 0 radical (unpaired) electrons. The van der Waals surface area contributed by atoms with E-state index in [2.05, 4.69) is 15.6 Å². The molecule has 150 valence electrons. The van der Waals surface area contributed by atoms with Crippen molar-refractivity contribution in [2.45, 2.75) is 24.3 Å². The van der Waals surface area contributed by atoms with Crippen molar-refractivity contribution >= 4 is 34.6 Å². The number of hydrogen-bond acceptors (Lipinski definition) is 5. The molecule has 2 N–H and O–H groups in total. The fourth-order valence-electron chi connectivity index (χ4n) is 2.64. The molecular weight excluding hydrogens is 395 g/mol. The summed E-state index contributed by atoms with van der Waals surface area (Å²) in [4.78, 5) is 41.5. The van der Waals surface area contributed by atoms with Crippen LogP contribution in [0.4, 0.5) is 9.18 Å². The van der Waals surface area contributed by atoms with Crippen molar-refractivity contribution in [1.82, 2.24) is 20.2 Å². The summed E-state index contributed by atoms with van der Waals surface area (Å²) in [5, 5.41) is 4.68. The van der Waals surface area contributed by atoms with Crippen molar-refractivity contribution in [2.24, 2.45) is 0 Å². The van der Waals surface area contributed by atoms with Crippen LogP contribution in [0.3, 0.4) is 0 Å². The van der Waals surface area contributed by atoms with Crippen LogP contribution in [0.2, 0.25) is 0 Å². The molecule has 0 aliphatic rings. The van der Waals surface area contributed by atoms with Gasteiger partial charge in [-0.15, -0.1) is 0 Å². The maximum Gasteiger partial charge on any atom is 0.321 e. The number of nitrogens with one attached hydrogen (secondary N) is 2. The molecule has 0 fully saturated rings. The number of aromatic nitrogens is 2. The molecule has 0 aliphatic heterocycles. The van der Waals surface area contributed by atoms with Crippen molar-refractivity contribution in [1.29, 1.82) is 0 Å². The minimum Gasteiger partial charge on any atom is -0.338 e. The maximum atomic E-state index is 13.4. The number of rotatable bonds is 5. The van der Waals surface area contributed by atoms with E-state index in [4.69, 9.17) is 0 Å². The van der Waals surface area contributed by atoms with E-state index in [0.29, 0.717) is 23.1 Å². The van der Waals surface area contributed by atoms with Gasteiger partial charge in [0.15, 0.2) is 5.16 Å². The average molecular weight is 414 g/mol. The highest BCUT2D eigenvalue weighted by molar-refractivity contribution is 8.00. The number of halogens is 1. The number of carbonyl (C=O) groups excluding carboxylic acids is 2. The Morgan fingerprint density at radius 3 is 2.55 bits per heavy atom. The van der Waals surface area contributed by atoms with Gasteiger partial charge in [0, 0.05) is 6.54 Å². The zero-order chi connectivity index (χ0) is 21.0. The number of carbonyl (C=O) groups is 2. The Kier molecular flexibility index (Phi) is 6.28. The first-order valence-electron chi connectivity index (χ1n) is 8.93. The molecule has 9 heteroatoms. The van der Waals surface area contributed by atoms with Crippen molar-refractivity contribution < 1.29 is 14.0 Å². The predicted octanol–water partition coefficient (Wildman–Crippen LogP) is 2.85. The number of nitrogens with zero attached hydrogens (tertiary/aromatic N) is 2. The Balaban J connectivity index is 2.03. The highest BCUT2D eigenvalue weighted by Crippen LogP contribution is 2.25. The average Bonchev–Trinajstić information content (AvgIpc) is 2.69. The molecule has 0 saturated carbocycles. The van der Waals surface area contributed by atoms with Gasteiger partial charge in [0.2, 0.25) is 5.91 Å². The molecule has 3 amide bonds. The van der Waals surface area contributed by atoms with Gasteiger partial charge in [0.25, 0.3) is 5.56 Å². The molecule has 1 atom stereocenters. The van der Waals surface area contributed by atoms with Crippen molar-refractivity contribution in [3.05, 3.63) is 64.7 Å².